The van der Waals surface area contributed by atoms with Gasteiger partial charge in [0.05, 0.1) is 22.9 Å². The summed E-state index contributed by atoms with van der Waals surface area (Å²) >= 11 is 1.58. The molecule has 32 heavy (non-hydrogen) atoms. The van der Waals surface area contributed by atoms with E-state index in [-0.39, 0.29) is 5.56 Å². The van der Waals surface area contributed by atoms with E-state index in [1.54, 1.807) is 22.2 Å². The van der Waals surface area contributed by atoms with Gasteiger partial charge in [-0.3, -0.25) is 9.36 Å². The van der Waals surface area contributed by atoms with E-state index < -0.39 is 0 Å². The van der Waals surface area contributed by atoms with Crippen LogP contribution >= 0.6 is 11.3 Å². The maximum Gasteiger partial charge on any atom is 0.269 e. The topological polar surface area (TPSA) is 78.0 Å². The van der Waals surface area contributed by atoms with Crippen molar-refractivity contribution in [3.05, 3.63) is 93.2 Å². The second kappa shape index (κ2) is 7.21. The van der Waals surface area contributed by atoms with Gasteiger partial charge in [0.15, 0.2) is 11.3 Å². The molecule has 0 aliphatic rings. The van der Waals surface area contributed by atoms with Gasteiger partial charge in [-0.05, 0) is 42.6 Å². The zero-order valence-corrected chi connectivity index (χ0v) is 17.8. The van der Waals surface area contributed by atoms with E-state index in [1.807, 2.05) is 73.0 Å². The molecule has 0 aliphatic carbocycles. The number of para-hydroxylation sites is 2. The van der Waals surface area contributed by atoms with Crippen LogP contribution in [0.25, 0.3) is 38.9 Å². The molecule has 6 rings (SSSR count). The number of nitrogens with zero attached hydrogens (tertiary/aromatic N) is 6. The maximum absolute atomic E-state index is 13.6. The lowest BCUT2D eigenvalue weighted by atomic mass is 10.2. The smallest absolute Gasteiger partial charge is 0.268 e. The van der Waals surface area contributed by atoms with E-state index in [0.29, 0.717) is 27.7 Å². The first-order valence-corrected chi connectivity index (χ1v) is 10.9. The largest absolute Gasteiger partial charge is 0.269 e. The van der Waals surface area contributed by atoms with Crippen LogP contribution in [-0.2, 0) is 0 Å². The normalized spacial score (nSPS) is 11.9. The Kier molecular flexibility index (Phi) is 4.19. The van der Waals surface area contributed by atoms with Crippen molar-refractivity contribution < 1.29 is 0 Å². The van der Waals surface area contributed by atoms with Crippen LogP contribution in [0.3, 0.4) is 0 Å². The van der Waals surface area contributed by atoms with Crippen LogP contribution in [0.5, 0.6) is 0 Å². The molecule has 0 aliphatic heterocycles. The van der Waals surface area contributed by atoms with Crippen LogP contribution in [0, 0.1) is 6.92 Å². The number of hydrogen-bond donors (Lipinski definition) is 0. The number of hydrogen-bond acceptors (Lipinski definition) is 6. The summed E-state index contributed by atoms with van der Waals surface area (Å²) in [7, 11) is 0. The minimum Gasteiger partial charge on any atom is -0.268 e. The van der Waals surface area contributed by atoms with Gasteiger partial charge < -0.3 is 0 Å². The Morgan fingerprint density at radius 3 is 2.47 bits per heavy atom. The Morgan fingerprint density at radius 2 is 1.72 bits per heavy atom. The van der Waals surface area contributed by atoms with Gasteiger partial charge in [0.2, 0.25) is 0 Å². The second-order valence-electron chi connectivity index (χ2n) is 7.41. The van der Waals surface area contributed by atoms with Gasteiger partial charge in [-0.2, -0.15) is 9.78 Å². The van der Waals surface area contributed by atoms with Crippen LogP contribution in [0.2, 0.25) is 0 Å². The Hall–Kier alpha value is -4.17. The van der Waals surface area contributed by atoms with Crippen LogP contribution in [-0.4, -0.2) is 30.4 Å². The van der Waals surface area contributed by atoms with E-state index in [1.165, 1.54) is 10.9 Å². The molecule has 0 spiro atoms. The standard InChI is InChI=1S/C24H16N6OS/c1-15-8-10-16(11-9-15)29-14-25-22-20(24(29)31)21-23(28-19-7-3-2-6-18(19)27-21)30(22)26-13-17-5-4-12-32-17/h2-14H,1H3/b26-13+. The first-order valence-electron chi connectivity index (χ1n) is 10.0. The van der Waals surface area contributed by atoms with Crippen LogP contribution < -0.4 is 5.56 Å². The first-order chi connectivity index (χ1) is 15.7. The number of aryl methyl sites for hydroxylation is 1. The zero-order chi connectivity index (χ0) is 21.7. The van der Waals surface area contributed by atoms with Gasteiger partial charge >= 0.3 is 0 Å². The SMILES string of the molecule is Cc1ccc(-n2cnc3c(c2=O)c2nc4ccccc4nc2n3/N=C/c2cccs2)cc1. The molecular weight excluding hydrogens is 420 g/mol. The highest BCUT2D eigenvalue weighted by Crippen LogP contribution is 2.25. The summed E-state index contributed by atoms with van der Waals surface area (Å²) in [5, 5.41) is 6.99. The summed E-state index contributed by atoms with van der Waals surface area (Å²) in [5.74, 6) is 0. The molecule has 8 heteroatoms. The van der Waals surface area contributed by atoms with Gasteiger partial charge in [-0.15, -0.1) is 11.3 Å². The third-order valence-corrected chi connectivity index (χ3v) is 6.10. The van der Waals surface area contributed by atoms with Crippen molar-refractivity contribution in [2.75, 3.05) is 0 Å². The molecule has 7 nitrogen and oxygen atoms in total. The summed E-state index contributed by atoms with van der Waals surface area (Å²) in [6.45, 7) is 2.01. The van der Waals surface area contributed by atoms with Crippen molar-refractivity contribution in [3.63, 3.8) is 0 Å². The van der Waals surface area contributed by atoms with Gasteiger partial charge in [-0.1, -0.05) is 35.9 Å². The fourth-order valence-corrected chi connectivity index (χ4v) is 4.28. The van der Waals surface area contributed by atoms with Gasteiger partial charge in [0.1, 0.15) is 17.2 Å². The summed E-state index contributed by atoms with van der Waals surface area (Å²) in [4.78, 5) is 28.7. The first kappa shape index (κ1) is 18.6. The van der Waals surface area contributed by atoms with Crippen LogP contribution in [0.15, 0.2) is 82.3 Å². The van der Waals surface area contributed by atoms with Crippen molar-refractivity contribution in [1.29, 1.82) is 0 Å². The molecule has 0 amide bonds. The van der Waals surface area contributed by atoms with Crippen molar-refractivity contribution >= 4 is 50.8 Å². The Balaban J connectivity index is 1.69. The lowest BCUT2D eigenvalue weighted by molar-refractivity contribution is 0.906. The zero-order valence-electron chi connectivity index (χ0n) is 17.0. The fourth-order valence-electron chi connectivity index (χ4n) is 3.70. The molecular formula is C24H16N6OS. The number of aromatic nitrogens is 5. The summed E-state index contributed by atoms with van der Waals surface area (Å²) < 4.78 is 3.14. The third-order valence-electron chi connectivity index (χ3n) is 5.30. The number of rotatable bonds is 3. The average Bonchev–Trinajstić information content (AvgIpc) is 3.43. The van der Waals surface area contributed by atoms with E-state index >= 15 is 0 Å². The van der Waals surface area contributed by atoms with E-state index in [4.69, 9.17) is 9.97 Å². The monoisotopic (exact) mass is 436 g/mol. The maximum atomic E-state index is 13.6. The van der Waals surface area contributed by atoms with Gasteiger partial charge in [-0.25, -0.2) is 15.0 Å². The van der Waals surface area contributed by atoms with Crippen molar-refractivity contribution in [2.24, 2.45) is 5.10 Å². The van der Waals surface area contributed by atoms with Gasteiger partial charge in [0, 0.05) is 4.88 Å². The molecule has 0 radical (unpaired) electrons. The predicted molar refractivity (Wildman–Crippen MR) is 128 cm³/mol. The predicted octanol–water partition coefficient (Wildman–Crippen LogP) is 4.54. The highest BCUT2D eigenvalue weighted by molar-refractivity contribution is 7.11. The van der Waals surface area contributed by atoms with Crippen molar-refractivity contribution in [1.82, 2.24) is 24.2 Å². The highest BCUT2D eigenvalue weighted by atomic mass is 32.1. The number of thiophene rings is 1. The minimum absolute atomic E-state index is 0.210. The third kappa shape index (κ3) is 2.92. The molecule has 0 bridgehead atoms. The number of benzene rings is 2. The second-order valence-corrected chi connectivity index (χ2v) is 8.39. The molecule has 0 saturated carbocycles. The molecule has 0 fully saturated rings. The summed E-state index contributed by atoms with van der Waals surface area (Å²) in [6, 6.07) is 19.3. The average molecular weight is 437 g/mol. The molecule has 4 heterocycles. The molecule has 6 aromatic rings. The fraction of sp³-hybridized carbons (Fsp3) is 0.0417. The lowest BCUT2D eigenvalue weighted by Crippen LogP contribution is -2.18. The quantitative estimate of drug-likeness (QED) is 0.382. The lowest BCUT2D eigenvalue weighted by Gasteiger charge is -2.05. The van der Waals surface area contributed by atoms with E-state index in [0.717, 1.165) is 21.6 Å². The molecule has 0 atom stereocenters. The summed E-state index contributed by atoms with van der Waals surface area (Å²) in [5.41, 5.74) is 4.51. The Bertz CT molecular complexity index is 1700. The molecule has 4 aromatic heterocycles. The molecule has 2 aromatic carbocycles. The molecule has 154 valence electrons. The summed E-state index contributed by atoms with van der Waals surface area (Å²) in [6.07, 6.45) is 3.28. The van der Waals surface area contributed by atoms with Crippen molar-refractivity contribution in [2.45, 2.75) is 6.92 Å². The van der Waals surface area contributed by atoms with Crippen molar-refractivity contribution in [3.8, 4) is 5.69 Å². The highest BCUT2D eigenvalue weighted by Gasteiger charge is 2.20. The molecule has 0 N–H and O–H groups in total. The van der Waals surface area contributed by atoms with Crippen LogP contribution in [0.4, 0.5) is 0 Å². The van der Waals surface area contributed by atoms with E-state index in [2.05, 4.69) is 10.1 Å². The minimum atomic E-state index is -0.210. The van der Waals surface area contributed by atoms with Crippen LogP contribution in [0.1, 0.15) is 10.4 Å². The van der Waals surface area contributed by atoms with Gasteiger partial charge in [0.25, 0.3) is 5.56 Å². The Morgan fingerprint density at radius 1 is 0.938 bits per heavy atom. The molecule has 0 unspecified atom stereocenters. The Labute approximate surface area is 185 Å². The number of fused-ring (bicyclic) bond motifs is 4. The van der Waals surface area contributed by atoms with E-state index in [9.17, 15) is 4.79 Å². The molecule has 0 saturated heterocycles.